The van der Waals surface area contributed by atoms with Crippen molar-refractivity contribution in [2.45, 2.75) is 39.2 Å². The molecule has 0 bridgehead atoms. The van der Waals surface area contributed by atoms with Crippen LogP contribution in [0.3, 0.4) is 0 Å². The Hall–Kier alpha value is -1.51. The van der Waals surface area contributed by atoms with Gasteiger partial charge in [-0.05, 0) is 45.2 Å². The third kappa shape index (κ3) is 2.22. The van der Waals surface area contributed by atoms with E-state index in [0.717, 1.165) is 19.4 Å². The quantitative estimate of drug-likeness (QED) is 0.769. The van der Waals surface area contributed by atoms with Gasteiger partial charge in [-0.1, -0.05) is 18.2 Å². The van der Waals surface area contributed by atoms with Crippen molar-refractivity contribution in [2.24, 2.45) is 0 Å². The Bertz CT molecular complexity index is 440. The molecule has 0 unspecified atom stereocenters. The lowest BCUT2D eigenvalue weighted by Crippen LogP contribution is -2.53. The van der Waals surface area contributed by atoms with E-state index in [2.05, 4.69) is 23.1 Å². The molecule has 0 spiro atoms. The van der Waals surface area contributed by atoms with Crippen LogP contribution in [0.15, 0.2) is 24.3 Å². The van der Waals surface area contributed by atoms with Crippen LogP contribution in [0.2, 0.25) is 0 Å². The molecule has 0 aliphatic carbocycles. The van der Waals surface area contributed by atoms with Crippen molar-refractivity contribution in [1.82, 2.24) is 0 Å². The maximum atomic E-state index is 12.1. The highest BCUT2D eigenvalue weighted by Gasteiger charge is 2.38. The number of hydrogen-bond acceptors (Lipinski definition) is 3. The molecule has 3 heteroatoms. The molecule has 3 nitrogen and oxygen atoms in total. The second-order valence-electron chi connectivity index (χ2n) is 5.16. The predicted octanol–water partition coefficient (Wildman–Crippen LogP) is 2.78. The summed E-state index contributed by atoms with van der Waals surface area (Å²) in [6, 6.07) is 8.32. The molecule has 1 aromatic rings. The lowest BCUT2D eigenvalue weighted by atomic mass is 9.94. The molecule has 0 fully saturated rings. The maximum absolute atomic E-state index is 12.1. The number of esters is 1. The van der Waals surface area contributed by atoms with E-state index in [1.807, 2.05) is 26.8 Å². The van der Waals surface area contributed by atoms with Gasteiger partial charge in [0.15, 0.2) is 0 Å². The van der Waals surface area contributed by atoms with Crippen molar-refractivity contribution in [2.75, 3.05) is 18.1 Å². The zero-order valence-corrected chi connectivity index (χ0v) is 11.4. The number of benzene rings is 1. The summed E-state index contributed by atoms with van der Waals surface area (Å²) in [5.74, 6) is -0.151. The van der Waals surface area contributed by atoms with E-state index >= 15 is 0 Å². The maximum Gasteiger partial charge on any atom is 0.331 e. The Balaban J connectivity index is 2.32. The second kappa shape index (κ2) is 5.01. The van der Waals surface area contributed by atoms with E-state index in [1.54, 1.807) is 0 Å². The average molecular weight is 247 g/mol. The van der Waals surface area contributed by atoms with Gasteiger partial charge in [0, 0.05) is 12.2 Å². The van der Waals surface area contributed by atoms with Crippen LogP contribution in [0.25, 0.3) is 0 Å². The summed E-state index contributed by atoms with van der Waals surface area (Å²) < 4.78 is 5.19. The molecule has 18 heavy (non-hydrogen) atoms. The summed E-state index contributed by atoms with van der Waals surface area (Å²) in [4.78, 5) is 14.3. The first-order chi connectivity index (χ1) is 8.57. The number of nitrogens with zero attached hydrogens (tertiary/aromatic N) is 1. The topological polar surface area (TPSA) is 29.5 Å². The molecule has 1 aliphatic heterocycles. The van der Waals surface area contributed by atoms with Crippen molar-refractivity contribution >= 4 is 11.7 Å². The highest BCUT2D eigenvalue weighted by Crippen LogP contribution is 2.32. The summed E-state index contributed by atoms with van der Waals surface area (Å²) in [5, 5.41) is 0. The van der Waals surface area contributed by atoms with E-state index in [0.29, 0.717) is 6.61 Å². The molecular weight excluding hydrogens is 226 g/mol. The van der Waals surface area contributed by atoms with Crippen LogP contribution < -0.4 is 4.90 Å². The number of aryl methyl sites for hydroxylation is 1. The van der Waals surface area contributed by atoms with Gasteiger partial charge in [0.05, 0.1) is 6.61 Å². The summed E-state index contributed by atoms with van der Waals surface area (Å²) in [7, 11) is 0. The SMILES string of the molecule is CCOC(=O)C(C)(C)N1CCCc2ccccc21. The Morgan fingerprint density at radius 3 is 2.83 bits per heavy atom. The van der Waals surface area contributed by atoms with Crippen LogP contribution in [0.1, 0.15) is 32.8 Å². The van der Waals surface area contributed by atoms with Crippen molar-refractivity contribution in [3.63, 3.8) is 0 Å². The zero-order valence-electron chi connectivity index (χ0n) is 11.4. The van der Waals surface area contributed by atoms with Gasteiger partial charge in [-0.3, -0.25) is 0 Å². The fourth-order valence-corrected chi connectivity index (χ4v) is 2.53. The van der Waals surface area contributed by atoms with Gasteiger partial charge in [-0.2, -0.15) is 0 Å². The minimum absolute atomic E-state index is 0.151. The second-order valence-corrected chi connectivity index (χ2v) is 5.16. The highest BCUT2D eigenvalue weighted by atomic mass is 16.5. The van der Waals surface area contributed by atoms with E-state index in [-0.39, 0.29) is 5.97 Å². The number of fused-ring (bicyclic) bond motifs is 1. The number of carbonyl (C=O) groups excluding carboxylic acids is 1. The molecule has 0 N–H and O–H groups in total. The number of carbonyl (C=O) groups is 1. The zero-order chi connectivity index (χ0) is 13.2. The van der Waals surface area contributed by atoms with Crippen molar-refractivity contribution in [1.29, 1.82) is 0 Å². The van der Waals surface area contributed by atoms with Gasteiger partial charge in [-0.25, -0.2) is 4.79 Å². The van der Waals surface area contributed by atoms with Crippen LogP contribution in [0, 0.1) is 0 Å². The van der Waals surface area contributed by atoms with Gasteiger partial charge in [0.25, 0.3) is 0 Å². The van der Waals surface area contributed by atoms with Gasteiger partial charge >= 0.3 is 5.97 Å². The van der Waals surface area contributed by atoms with E-state index < -0.39 is 5.54 Å². The largest absolute Gasteiger partial charge is 0.464 e. The minimum atomic E-state index is -0.605. The van der Waals surface area contributed by atoms with Gasteiger partial charge in [0.2, 0.25) is 0 Å². The molecule has 0 saturated heterocycles. The molecule has 1 aromatic carbocycles. The van der Waals surface area contributed by atoms with Gasteiger partial charge in [-0.15, -0.1) is 0 Å². The minimum Gasteiger partial charge on any atom is -0.464 e. The Labute approximate surface area is 109 Å². The highest BCUT2D eigenvalue weighted by molar-refractivity contribution is 5.85. The summed E-state index contributed by atoms with van der Waals surface area (Å²) >= 11 is 0. The van der Waals surface area contributed by atoms with Crippen molar-refractivity contribution < 1.29 is 9.53 Å². The molecule has 0 saturated carbocycles. The molecule has 98 valence electrons. The first kappa shape index (κ1) is 12.9. The summed E-state index contributed by atoms with van der Waals surface area (Å²) in [5.41, 5.74) is 1.88. The van der Waals surface area contributed by atoms with Crippen molar-refractivity contribution in [3.05, 3.63) is 29.8 Å². The van der Waals surface area contributed by atoms with E-state index in [9.17, 15) is 4.79 Å². The van der Waals surface area contributed by atoms with E-state index in [4.69, 9.17) is 4.74 Å². The fourth-order valence-electron chi connectivity index (χ4n) is 2.53. The molecular formula is C15H21NO2. The van der Waals surface area contributed by atoms with Crippen LogP contribution >= 0.6 is 0 Å². The molecule has 0 atom stereocenters. The average Bonchev–Trinajstić information content (AvgIpc) is 2.38. The number of rotatable bonds is 3. The first-order valence-corrected chi connectivity index (χ1v) is 6.60. The van der Waals surface area contributed by atoms with Gasteiger partial charge < -0.3 is 9.64 Å². The van der Waals surface area contributed by atoms with Crippen LogP contribution in [0.5, 0.6) is 0 Å². The standard InChI is InChI=1S/C15H21NO2/c1-4-18-14(17)15(2,3)16-11-7-9-12-8-5-6-10-13(12)16/h5-6,8,10H,4,7,9,11H2,1-3H3. The lowest BCUT2D eigenvalue weighted by Gasteiger charge is -2.41. The van der Waals surface area contributed by atoms with Crippen LogP contribution in [-0.4, -0.2) is 24.7 Å². The van der Waals surface area contributed by atoms with E-state index in [1.165, 1.54) is 11.3 Å². The number of ether oxygens (including phenoxy) is 1. The third-order valence-electron chi connectivity index (χ3n) is 3.56. The third-order valence-corrected chi connectivity index (χ3v) is 3.56. The lowest BCUT2D eigenvalue weighted by molar-refractivity contribution is -0.148. The molecule has 0 aromatic heterocycles. The number of anilines is 1. The molecule has 2 rings (SSSR count). The summed E-state index contributed by atoms with van der Waals surface area (Å²) in [6.07, 6.45) is 2.17. The number of hydrogen-bond donors (Lipinski definition) is 0. The Kier molecular flexibility index (Phi) is 3.60. The van der Waals surface area contributed by atoms with Crippen molar-refractivity contribution in [3.8, 4) is 0 Å². The first-order valence-electron chi connectivity index (χ1n) is 6.60. The molecule has 1 heterocycles. The monoisotopic (exact) mass is 247 g/mol. The fraction of sp³-hybridized carbons (Fsp3) is 0.533. The molecule has 0 radical (unpaired) electrons. The number of para-hydroxylation sites is 1. The molecule has 0 amide bonds. The van der Waals surface area contributed by atoms with Gasteiger partial charge in [0.1, 0.15) is 5.54 Å². The summed E-state index contributed by atoms with van der Waals surface area (Å²) in [6.45, 7) is 7.05. The molecule has 1 aliphatic rings. The van der Waals surface area contributed by atoms with Crippen LogP contribution in [-0.2, 0) is 16.0 Å². The smallest absolute Gasteiger partial charge is 0.331 e. The Morgan fingerprint density at radius 2 is 2.11 bits per heavy atom. The Morgan fingerprint density at radius 1 is 1.39 bits per heavy atom. The normalized spacial score (nSPS) is 15.2. The predicted molar refractivity (Wildman–Crippen MR) is 72.8 cm³/mol. The van der Waals surface area contributed by atoms with Crippen LogP contribution in [0.4, 0.5) is 5.69 Å².